The summed E-state index contributed by atoms with van der Waals surface area (Å²) >= 11 is 0. The lowest BCUT2D eigenvalue weighted by molar-refractivity contribution is -0.123. The smallest absolute Gasteiger partial charge is 0.154 e. The van der Waals surface area contributed by atoms with E-state index in [0.29, 0.717) is 5.54 Å². The molecule has 0 aliphatic rings. The summed E-state index contributed by atoms with van der Waals surface area (Å²) in [5.74, 6) is 1.83. The molecule has 0 aliphatic heterocycles. The fourth-order valence-corrected chi connectivity index (χ4v) is 1.44. The lowest BCUT2D eigenvalue weighted by Crippen LogP contribution is -2.24. The molecule has 0 aromatic carbocycles. The second-order valence-corrected chi connectivity index (χ2v) is 10.6. The number of hydrogen-bond acceptors (Lipinski definition) is 3. The van der Waals surface area contributed by atoms with E-state index < -0.39 is 8.07 Å². The molecule has 0 spiro atoms. The average Bonchev–Trinajstić information content (AvgIpc) is 2.18. The molecule has 0 radical (unpaired) electrons. The summed E-state index contributed by atoms with van der Waals surface area (Å²) in [6.07, 6.45) is 1.59. The zero-order chi connectivity index (χ0) is 13.9. The lowest BCUT2D eigenvalue weighted by atomic mass is 10.5. The predicted octanol–water partition coefficient (Wildman–Crippen LogP) is 3.51. The second-order valence-electron chi connectivity index (χ2n) is 4.92. The van der Waals surface area contributed by atoms with Crippen molar-refractivity contribution in [3.8, 4) is 0 Å². The molecule has 0 bridgehead atoms. The van der Waals surface area contributed by atoms with Gasteiger partial charge in [0.05, 0.1) is 8.07 Å². The normalized spacial score (nSPS) is 12.5. The fraction of sp³-hybridized carbons (Fsp3) is 0.846. The van der Waals surface area contributed by atoms with Crippen LogP contribution in [0.15, 0.2) is 6.08 Å². The van der Waals surface area contributed by atoms with Gasteiger partial charge < -0.3 is 9.47 Å². The first-order valence-corrected chi connectivity index (χ1v) is 9.81. The minimum atomic E-state index is -1.10. The van der Waals surface area contributed by atoms with Crippen molar-refractivity contribution >= 4 is 14.0 Å². The Morgan fingerprint density at radius 2 is 1.53 bits per heavy atom. The van der Waals surface area contributed by atoms with Gasteiger partial charge in [0.2, 0.25) is 0 Å². The zero-order valence-corrected chi connectivity index (χ0v) is 13.4. The molecule has 0 aromatic rings. The SMILES string of the molecule is CC(C=C=O)[Si](C)(C)C.CCOC(C)OCC. The van der Waals surface area contributed by atoms with E-state index in [9.17, 15) is 4.79 Å². The van der Waals surface area contributed by atoms with Crippen molar-refractivity contribution in [1.29, 1.82) is 0 Å². The molecular formula is C13H28O3Si. The van der Waals surface area contributed by atoms with Gasteiger partial charge in [-0.25, -0.2) is 4.79 Å². The highest BCUT2D eigenvalue weighted by molar-refractivity contribution is 6.78. The Morgan fingerprint density at radius 3 is 1.71 bits per heavy atom. The monoisotopic (exact) mass is 260 g/mol. The van der Waals surface area contributed by atoms with Crippen LogP contribution in [0.1, 0.15) is 27.7 Å². The quantitative estimate of drug-likeness (QED) is 0.416. The Hall–Kier alpha value is -0.413. The number of ether oxygens (including phenoxy) is 2. The maximum Gasteiger partial charge on any atom is 0.154 e. The van der Waals surface area contributed by atoms with E-state index in [1.165, 1.54) is 0 Å². The highest BCUT2D eigenvalue weighted by Gasteiger charge is 2.19. The van der Waals surface area contributed by atoms with Crippen LogP contribution in [0, 0.1) is 0 Å². The summed E-state index contributed by atoms with van der Waals surface area (Å²) in [4.78, 5) is 9.90. The second kappa shape index (κ2) is 10.7. The highest BCUT2D eigenvalue weighted by Crippen LogP contribution is 2.20. The minimum absolute atomic E-state index is 0.0370. The third-order valence-corrected chi connectivity index (χ3v) is 5.39. The zero-order valence-electron chi connectivity index (χ0n) is 12.4. The molecule has 1 atom stereocenters. The molecule has 3 nitrogen and oxygen atoms in total. The van der Waals surface area contributed by atoms with Gasteiger partial charge in [0, 0.05) is 13.2 Å². The van der Waals surface area contributed by atoms with Crippen molar-refractivity contribution < 1.29 is 14.3 Å². The van der Waals surface area contributed by atoms with Gasteiger partial charge in [0.15, 0.2) is 6.29 Å². The van der Waals surface area contributed by atoms with Crippen molar-refractivity contribution in [2.24, 2.45) is 0 Å². The van der Waals surface area contributed by atoms with Gasteiger partial charge in [-0.05, 0) is 32.4 Å². The largest absolute Gasteiger partial charge is 0.353 e. The molecule has 0 saturated heterocycles. The van der Waals surface area contributed by atoms with Gasteiger partial charge >= 0.3 is 0 Å². The van der Waals surface area contributed by atoms with Crippen LogP contribution in [0.25, 0.3) is 0 Å². The third-order valence-electron chi connectivity index (χ3n) is 2.49. The first kappa shape index (κ1) is 18.9. The average molecular weight is 260 g/mol. The van der Waals surface area contributed by atoms with E-state index in [2.05, 4.69) is 26.6 Å². The minimum Gasteiger partial charge on any atom is -0.353 e. The Balaban J connectivity index is 0. The molecule has 0 amide bonds. The molecular weight excluding hydrogens is 232 g/mol. The van der Waals surface area contributed by atoms with Crippen LogP contribution in [0.4, 0.5) is 0 Å². The molecule has 0 aromatic heterocycles. The van der Waals surface area contributed by atoms with Crippen LogP contribution in [0.2, 0.25) is 25.2 Å². The summed E-state index contributed by atoms with van der Waals surface area (Å²) in [5.41, 5.74) is 0.454. The van der Waals surface area contributed by atoms with Crippen molar-refractivity contribution in [3.05, 3.63) is 6.08 Å². The van der Waals surface area contributed by atoms with E-state index in [0.717, 1.165) is 13.2 Å². The standard InChI is InChI=1S/C7H14OSi.C6H14O2/c1-7(5-6-8)9(2,3)4;1-4-7-6(3)8-5-2/h5,7H,1-4H3;6H,4-5H2,1-3H3. The van der Waals surface area contributed by atoms with Crippen LogP contribution in [0.3, 0.4) is 0 Å². The van der Waals surface area contributed by atoms with Gasteiger partial charge in [-0.15, -0.1) is 0 Å². The maximum atomic E-state index is 9.90. The van der Waals surface area contributed by atoms with Crippen molar-refractivity contribution in [2.45, 2.75) is 59.2 Å². The van der Waals surface area contributed by atoms with Crippen molar-refractivity contribution in [3.63, 3.8) is 0 Å². The molecule has 102 valence electrons. The molecule has 0 aliphatic carbocycles. The summed E-state index contributed by atoms with van der Waals surface area (Å²) in [7, 11) is -1.10. The van der Waals surface area contributed by atoms with E-state index in [-0.39, 0.29) is 6.29 Å². The fourth-order valence-electron chi connectivity index (χ4n) is 0.870. The Morgan fingerprint density at radius 1 is 1.12 bits per heavy atom. The number of hydrogen-bond donors (Lipinski definition) is 0. The lowest BCUT2D eigenvalue weighted by Gasteiger charge is -2.19. The van der Waals surface area contributed by atoms with E-state index in [4.69, 9.17) is 9.47 Å². The molecule has 0 saturated carbocycles. The molecule has 0 fully saturated rings. The Bertz CT molecular complexity index is 211. The first-order chi connectivity index (χ1) is 7.79. The number of carbonyl (C=O) groups excluding carboxylic acids is 1. The molecule has 17 heavy (non-hydrogen) atoms. The predicted molar refractivity (Wildman–Crippen MR) is 75.7 cm³/mol. The Labute approximate surface area is 107 Å². The maximum absolute atomic E-state index is 9.90. The summed E-state index contributed by atoms with van der Waals surface area (Å²) < 4.78 is 10.1. The van der Waals surface area contributed by atoms with Crippen LogP contribution in [-0.2, 0) is 14.3 Å². The van der Waals surface area contributed by atoms with Gasteiger partial charge in [-0.1, -0.05) is 26.6 Å². The summed E-state index contributed by atoms with van der Waals surface area (Å²) in [5, 5.41) is 0. The van der Waals surface area contributed by atoms with Crippen molar-refractivity contribution in [1.82, 2.24) is 0 Å². The molecule has 4 heteroatoms. The van der Waals surface area contributed by atoms with E-state index in [1.807, 2.05) is 26.7 Å². The van der Waals surface area contributed by atoms with Crippen LogP contribution < -0.4 is 0 Å². The molecule has 1 unspecified atom stereocenters. The molecule has 0 heterocycles. The van der Waals surface area contributed by atoms with Crippen LogP contribution in [-0.4, -0.2) is 33.5 Å². The summed E-state index contributed by atoms with van der Waals surface area (Å²) in [6.45, 7) is 16.1. The molecule has 0 N–H and O–H groups in total. The van der Waals surface area contributed by atoms with Gasteiger partial charge in [0.25, 0.3) is 0 Å². The highest BCUT2D eigenvalue weighted by atomic mass is 28.3. The van der Waals surface area contributed by atoms with Gasteiger partial charge in [0.1, 0.15) is 5.94 Å². The van der Waals surface area contributed by atoms with Crippen molar-refractivity contribution in [2.75, 3.05) is 13.2 Å². The van der Waals surface area contributed by atoms with E-state index >= 15 is 0 Å². The first-order valence-electron chi connectivity index (χ1n) is 6.23. The van der Waals surface area contributed by atoms with Gasteiger partial charge in [-0.3, -0.25) is 0 Å². The van der Waals surface area contributed by atoms with E-state index in [1.54, 1.807) is 6.08 Å². The van der Waals surface area contributed by atoms with Crippen LogP contribution >= 0.6 is 0 Å². The number of rotatable bonds is 6. The third kappa shape index (κ3) is 13.5. The van der Waals surface area contributed by atoms with Gasteiger partial charge in [-0.2, -0.15) is 0 Å². The Kier molecular flexibility index (Phi) is 11.9. The summed E-state index contributed by atoms with van der Waals surface area (Å²) in [6, 6.07) is 0. The van der Waals surface area contributed by atoms with Crippen LogP contribution in [0.5, 0.6) is 0 Å². The number of allylic oxidation sites excluding steroid dienone is 1. The topological polar surface area (TPSA) is 35.5 Å². The molecule has 0 rings (SSSR count).